The van der Waals surface area contributed by atoms with Crippen molar-refractivity contribution in [2.24, 2.45) is 0 Å². The number of benzene rings is 2. The molecule has 2 heterocycles. The van der Waals surface area contributed by atoms with E-state index < -0.39 is 0 Å². The maximum Gasteiger partial charge on any atom is 0.337 e. The third-order valence-corrected chi connectivity index (χ3v) is 5.82. The normalized spacial score (nSPS) is 13.9. The van der Waals surface area contributed by atoms with E-state index in [0.29, 0.717) is 11.1 Å². The largest absolute Gasteiger partial charge is 0.465 e. The van der Waals surface area contributed by atoms with Gasteiger partial charge in [0.1, 0.15) is 0 Å². The molecule has 29 heavy (non-hydrogen) atoms. The topological polar surface area (TPSA) is 71.5 Å². The van der Waals surface area contributed by atoms with Crippen LogP contribution >= 0.6 is 11.8 Å². The summed E-state index contributed by atoms with van der Waals surface area (Å²) in [5.74, 6) is 1.50. The highest BCUT2D eigenvalue weighted by molar-refractivity contribution is 7.99. The molecule has 4 rings (SSSR count). The molecule has 1 amide bonds. The highest BCUT2D eigenvalue weighted by Crippen LogP contribution is 2.30. The molecule has 0 atom stereocenters. The van der Waals surface area contributed by atoms with Gasteiger partial charge in [-0.3, -0.25) is 9.78 Å². The number of aromatic nitrogens is 1. The minimum absolute atomic E-state index is 0.0165. The van der Waals surface area contributed by atoms with E-state index in [1.165, 1.54) is 7.11 Å². The predicted octanol–water partition coefficient (Wildman–Crippen LogP) is 3.95. The number of para-hydroxylation sites is 1. The van der Waals surface area contributed by atoms with Crippen LogP contribution in [-0.4, -0.2) is 53.5 Å². The van der Waals surface area contributed by atoms with E-state index in [9.17, 15) is 9.59 Å². The van der Waals surface area contributed by atoms with E-state index in [1.807, 2.05) is 40.9 Å². The number of hydrogen-bond donors (Lipinski definition) is 1. The van der Waals surface area contributed by atoms with Crippen LogP contribution in [0.25, 0.3) is 10.9 Å². The van der Waals surface area contributed by atoms with Crippen LogP contribution < -0.4 is 5.32 Å². The number of thioether (sulfide) groups is 1. The van der Waals surface area contributed by atoms with Gasteiger partial charge in [-0.15, -0.1) is 0 Å². The molecule has 6 nitrogen and oxygen atoms in total. The Hall–Kier alpha value is -3.06. The van der Waals surface area contributed by atoms with Crippen LogP contribution in [0.3, 0.4) is 0 Å². The minimum Gasteiger partial charge on any atom is -0.465 e. The fourth-order valence-electron chi connectivity index (χ4n) is 3.33. The summed E-state index contributed by atoms with van der Waals surface area (Å²) in [6.45, 7) is 1.48. The number of ether oxygens (including phenoxy) is 1. The molecule has 1 aromatic heterocycles. The lowest BCUT2D eigenvalue weighted by molar-refractivity contribution is 0.0600. The van der Waals surface area contributed by atoms with E-state index in [0.717, 1.165) is 46.9 Å². The lowest BCUT2D eigenvalue weighted by Crippen LogP contribution is -2.38. The second-order valence-corrected chi connectivity index (χ2v) is 7.89. The molecule has 0 saturated carbocycles. The van der Waals surface area contributed by atoms with Crippen LogP contribution in [0, 0.1) is 0 Å². The van der Waals surface area contributed by atoms with Crippen molar-refractivity contribution in [2.75, 3.05) is 37.0 Å². The van der Waals surface area contributed by atoms with Crippen LogP contribution in [0.4, 0.5) is 11.4 Å². The summed E-state index contributed by atoms with van der Waals surface area (Å²) in [6, 6.07) is 14.7. The number of carbonyl (C=O) groups excluding carboxylic acids is 2. The summed E-state index contributed by atoms with van der Waals surface area (Å²) >= 11 is 1.86. The zero-order valence-corrected chi connectivity index (χ0v) is 16.9. The maximum atomic E-state index is 13.2. The standard InChI is InChI=1S/C22H21N3O3S/c1-28-22(27)15-6-8-16(9-7-15)24-20-17-4-2-3-5-19(17)23-14-18(20)21(26)25-10-12-29-13-11-25/h2-9,14H,10-13H2,1H3,(H,23,24). The van der Waals surface area contributed by atoms with E-state index in [2.05, 4.69) is 10.3 Å². The van der Waals surface area contributed by atoms with Gasteiger partial charge in [-0.05, 0) is 30.3 Å². The Labute approximate surface area is 173 Å². The molecule has 0 spiro atoms. The second kappa shape index (κ2) is 8.53. The van der Waals surface area contributed by atoms with Gasteiger partial charge in [0.2, 0.25) is 0 Å². The zero-order chi connectivity index (χ0) is 20.2. The van der Waals surface area contributed by atoms with Crippen molar-refractivity contribution in [1.82, 2.24) is 9.88 Å². The first-order valence-corrected chi connectivity index (χ1v) is 10.5. The smallest absolute Gasteiger partial charge is 0.337 e. The molecule has 1 aliphatic heterocycles. The molecule has 1 aliphatic rings. The summed E-state index contributed by atoms with van der Waals surface area (Å²) in [7, 11) is 1.36. The van der Waals surface area contributed by atoms with E-state index >= 15 is 0 Å². The first-order chi connectivity index (χ1) is 14.2. The number of hydrogen-bond acceptors (Lipinski definition) is 6. The Balaban J connectivity index is 1.72. The SMILES string of the molecule is COC(=O)c1ccc(Nc2c(C(=O)N3CCSCC3)cnc3ccccc23)cc1. The van der Waals surface area contributed by atoms with Crippen molar-refractivity contribution in [3.05, 3.63) is 65.9 Å². The van der Waals surface area contributed by atoms with Gasteiger partial charge in [0.25, 0.3) is 5.91 Å². The van der Waals surface area contributed by atoms with Crippen LogP contribution in [-0.2, 0) is 4.74 Å². The molecule has 1 fully saturated rings. The Bertz CT molecular complexity index is 1050. The third kappa shape index (κ3) is 4.05. The Kier molecular flexibility index (Phi) is 5.67. The van der Waals surface area contributed by atoms with Crippen molar-refractivity contribution in [2.45, 2.75) is 0 Å². The van der Waals surface area contributed by atoms with Gasteiger partial charge in [-0.25, -0.2) is 4.79 Å². The molecule has 0 aliphatic carbocycles. The molecular formula is C22H21N3O3S. The number of fused-ring (bicyclic) bond motifs is 1. The lowest BCUT2D eigenvalue weighted by atomic mass is 10.1. The number of nitrogens with one attached hydrogen (secondary N) is 1. The van der Waals surface area contributed by atoms with Gasteiger partial charge in [-0.1, -0.05) is 18.2 Å². The first-order valence-electron chi connectivity index (χ1n) is 9.37. The average molecular weight is 407 g/mol. The molecule has 7 heteroatoms. The van der Waals surface area contributed by atoms with E-state index in [-0.39, 0.29) is 11.9 Å². The fraction of sp³-hybridized carbons (Fsp3) is 0.227. The number of anilines is 2. The molecule has 1 saturated heterocycles. The lowest BCUT2D eigenvalue weighted by Gasteiger charge is -2.27. The number of nitrogens with zero attached hydrogens (tertiary/aromatic N) is 2. The Morgan fingerprint density at radius 3 is 2.52 bits per heavy atom. The van der Waals surface area contributed by atoms with Crippen molar-refractivity contribution in [1.29, 1.82) is 0 Å². The number of amides is 1. The summed E-state index contributed by atoms with van der Waals surface area (Å²) in [4.78, 5) is 31.3. The number of methoxy groups -OCH3 is 1. The molecule has 0 radical (unpaired) electrons. The summed E-state index contributed by atoms with van der Waals surface area (Å²) < 4.78 is 4.75. The fourth-order valence-corrected chi connectivity index (χ4v) is 4.23. The van der Waals surface area contributed by atoms with E-state index in [1.54, 1.807) is 30.5 Å². The van der Waals surface area contributed by atoms with Gasteiger partial charge in [0.15, 0.2) is 0 Å². The maximum absolute atomic E-state index is 13.2. The monoisotopic (exact) mass is 407 g/mol. The summed E-state index contributed by atoms with van der Waals surface area (Å²) in [5, 5.41) is 4.25. The number of rotatable bonds is 4. The van der Waals surface area contributed by atoms with Crippen LogP contribution in [0.5, 0.6) is 0 Å². The zero-order valence-electron chi connectivity index (χ0n) is 16.1. The average Bonchev–Trinajstić information content (AvgIpc) is 2.79. The van der Waals surface area contributed by atoms with Crippen LogP contribution in [0.15, 0.2) is 54.7 Å². The van der Waals surface area contributed by atoms with Gasteiger partial charge in [-0.2, -0.15) is 11.8 Å². The summed E-state index contributed by atoms with van der Waals surface area (Å²) in [5.41, 5.74) is 3.33. The molecule has 3 aromatic rings. The molecule has 148 valence electrons. The van der Waals surface area contributed by atoms with Crippen LogP contribution in [0.2, 0.25) is 0 Å². The predicted molar refractivity (Wildman–Crippen MR) is 116 cm³/mol. The molecule has 0 unspecified atom stereocenters. The van der Waals surface area contributed by atoms with Gasteiger partial charge < -0.3 is 15.0 Å². The van der Waals surface area contributed by atoms with Crippen molar-refractivity contribution < 1.29 is 14.3 Å². The van der Waals surface area contributed by atoms with E-state index in [4.69, 9.17) is 4.74 Å². The Morgan fingerprint density at radius 2 is 1.79 bits per heavy atom. The van der Waals surface area contributed by atoms with Crippen molar-refractivity contribution in [3.63, 3.8) is 0 Å². The Morgan fingerprint density at radius 1 is 1.07 bits per heavy atom. The number of pyridine rings is 1. The molecule has 1 N–H and O–H groups in total. The van der Waals surface area contributed by atoms with Gasteiger partial charge in [0, 0.05) is 41.9 Å². The number of esters is 1. The summed E-state index contributed by atoms with van der Waals surface area (Å²) in [6.07, 6.45) is 1.65. The highest BCUT2D eigenvalue weighted by atomic mass is 32.2. The van der Waals surface area contributed by atoms with Gasteiger partial charge in [0.05, 0.1) is 29.4 Å². The molecule has 0 bridgehead atoms. The minimum atomic E-state index is -0.384. The van der Waals surface area contributed by atoms with Crippen molar-refractivity contribution >= 4 is 45.9 Å². The highest BCUT2D eigenvalue weighted by Gasteiger charge is 2.23. The molecule has 2 aromatic carbocycles. The third-order valence-electron chi connectivity index (χ3n) is 4.88. The van der Waals surface area contributed by atoms with Gasteiger partial charge >= 0.3 is 5.97 Å². The number of carbonyl (C=O) groups is 2. The quantitative estimate of drug-likeness (QED) is 0.660. The second-order valence-electron chi connectivity index (χ2n) is 6.66. The van der Waals surface area contributed by atoms with Crippen LogP contribution in [0.1, 0.15) is 20.7 Å². The van der Waals surface area contributed by atoms with Crippen molar-refractivity contribution in [3.8, 4) is 0 Å². The first kappa shape index (κ1) is 19.3. The molecular weight excluding hydrogens is 386 g/mol.